The molecule has 31 nitrogen and oxygen atoms in total. The summed E-state index contributed by atoms with van der Waals surface area (Å²) in [5.74, 6) is -2.61. The highest BCUT2D eigenvalue weighted by molar-refractivity contribution is 7.47. The maximum absolute atomic E-state index is 13.5. The summed E-state index contributed by atoms with van der Waals surface area (Å²) in [7, 11) is -8.27. The molecule has 490 valence electrons. The highest BCUT2D eigenvalue weighted by Gasteiger charge is 2.45. The lowest BCUT2D eigenvalue weighted by atomic mass is 9.92. The molecule has 0 aromatic rings. The number of phosphoric ester groups is 2. The first-order valence-electron chi connectivity index (χ1n) is 28.1. The van der Waals surface area contributed by atoms with Crippen molar-refractivity contribution in [2.75, 3.05) is 126 Å². The van der Waals surface area contributed by atoms with Crippen molar-refractivity contribution in [2.45, 2.75) is 154 Å². The van der Waals surface area contributed by atoms with Gasteiger partial charge in [-0.2, -0.15) is 0 Å². The summed E-state index contributed by atoms with van der Waals surface area (Å²) >= 11 is 0. The third-order valence-electron chi connectivity index (χ3n) is 13.5. The van der Waals surface area contributed by atoms with E-state index < -0.39 is 172 Å². The highest BCUT2D eigenvalue weighted by Crippen LogP contribution is 2.44. The number of carbonyl (C=O) groups excluding carboxylic acids is 3. The Hall–Kier alpha value is -2.05. The van der Waals surface area contributed by atoms with Gasteiger partial charge < -0.3 is 109 Å². The maximum Gasteiger partial charge on any atom is 0.472 e. The number of amides is 3. The second-order valence-corrected chi connectivity index (χ2v) is 23.9. The van der Waals surface area contributed by atoms with E-state index in [1.165, 1.54) is 16.9 Å². The molecular formula is C50H97N3O28P2. The monoisotopic (exact) mass is 1250 g/mol. The van der Waals surface area contributed by atoms with E-state index in [2.05, 4.69) is 20.8 Å². The van der Waals surface area contributed by atoms with Crippen LogP contribution in [0.4, 0.5) is 0 Å². The average molecular weight is 1250 g/mol. The normalized spacial score (nSPS) is 29.8. The van der Waals surface area contributed by atoms with Crippen LogP contribution >= 0.6 is 15.6 Å². The minimum absolute atomic E-state index is 0.0131. The number of methoxy groups -OCH3 is 1. The predicted molar refractivity (Wildman–Crippen MR) is 289 cm³/mol. The van der Waals surface area contributed by atoms with Crippen molar-refractivity contribution in [3.63, 3.8) is 0 Å². The fourth-order valence-corrected chi connectivity index (χ4v) is 9.92. The Balaban J connectivity index is 0.00000568. The first-order chi connectivity index (χ1) is 39.2. The van der Waals surface area contributed by atoms with E-state index in [1.54, 1.807) is 20.8 Å². The molecule has 0 bridgehead atoms. The topological polar surface area (TPSA) is 439 Å². The largest absolute Gasteiger partial charge is 0.472 e. The van der Waals surface area contributed by atoms with Crippen LogP contribution in [0.25, 0.3) is 0 Å². The van der Waals surface area contributed by atoms with Crippen molar-refractivity contribution in [2.24, 2.45) is 23.7 Å². The summed E-state index contributed by atoms with van der Waals surface area (Å²) in [5.41, 5.74) is 0. The van der Waals surface area contributed by atoms with Gasteiger partial charge in [-0.15, -0.1) is 0 Å². The van der Waals surface area contributed by atoms with Gasteiger partial charge in [0.25, 0.3) is 0 Å². The lowest BCUT2D eigenvalue weighted by Gasteiger charge is -2.40. The van der Waals surface area contributed by atoms with E-state index in [9.17, 15) is 84.4 Å². The van der Waals surface area contributed by atoms with Crippen LogP contribution in [-0.4, -0.2) is 293 Å². The molecule has 83 heavy (non-hydrogen) atoms. The summed E-state index contributed by atoms with van der Waals surface area (Å²) in [4.78, 5) is 64.2. The number of phosphoric acid groups is 2. The molecule has 0 aromatic carbocycles. The van der Waals surface area contributed by atoms with E-state index in [-0.39, 0.29) is 110 Å². The van der Waals surface area contributed by atoms with Gasteiger partial charge in [-0.1, -0.05) is 41.5 Å². The summed E-state index contributed by atoms with van der Waals surface area (Å²) < 4.78 is 85.0. The smallest absolute Gasteiger partial charge is 0.395 e. The van der Waals surface area contributed by atoms with Crippen LogP contribution in [-0.2, 0) is 74.8 Å². The van der Waals surface area contributed by atoms with Crippen molar-refractivity contribution < 1.29 is 136 Å². The van der Waals surface area contributed by atoms with Crippen LogP contribution in [0.3, 0.4) is 0 Å². The second-order valence-electron chi connectivity index (χ2n) is 21.0. The SMILES string of the molecule is CC(C)C.COCCN(CCOP(=O)(O)OCCN(CCOP(=O)(O)OCCN(CCO)C(=O)CCCO[C@@H]1OC(CO)[C@H](O)[C@H](O)C1C)C(=O)CCCO[C@@H]1OC(CO)[C@H](O)[C@H](O)C1C)C(=O)CCCO[C@@H]1OC(CO)[C@H](O)[C@H](O)C1C. The van der Waals surface area contributed by atoms with E-state index in [1.807, 2.05) is 0 Å². The van der Waals surface area contributed by atoms with Gasteiger partial charge in [0.15, 0.2) is 18.9 Å². The molecule has 0 saturated carbocycles. The molecular weight excluding hydrogens is 1150 g/mol. The summed E-state index contributed by atoms with van der Waals surface area (Å²) in [6.45, 7) is 5.65. The third-order valence-corrected chi connectivity index (χ3v) is 15.5. The van der Waals surface area contributed by atoms with E-state index in [4.69, 9.17) is 51.3 Å². The minimum atomic E-state index is -4.85. The number of nitrogens with zero attached hydrogens (tertiary/aromatic N) is 3. The number of hydrogen-bond acceptors (Lipinski definition) is 26. The van der Waals surface area contributed by atoms with Gasteiger partial charge in [-0.05, 0) is 25.2 Å². The third kappa shape index (κ3) is 27.9. The van der Waals surface area contributed by atoms with E-state index >= 15 is 0 Å². The zero-order chi connectivity index (χ0) is 62.5. The highest BCUT2D eigenvalue weighted by atomic mass is 31.2. The zero-order valence-corrected chi connectivity index (χ0v) is 50.6. The molecule has 0 spiro atoms. The van der Waals surface area contributed by atoms with Gasteiger partial charge in [-0.25, -0.2) is 9.13 Å². The molecule has 17 atom stereocenters. The van der Waals surface area contributed by atoms with Crippen LogP contribution in [0.2, 0.25) is 0 Å². The lowest BCUT2D eigenvalue weighted by molar-refractivity contribution is -0.282. The van der Waals surface area contributed by atoms with Gasteiger partial charge in [0, 0.05) is 83.4 Å². The Morgan fingerprint density at radius 1 is 0.446 bits per heavy atom. The van der Waals surface area contributed by atoms with Gasteiger partial charge in [0.05, 0.1) is 97.6 Å². The molecule has 33 heteroatoms. The minimum Gasteiger partial charge on any atom is -0.395 e. The Morgan fingerprint density at radius 2 is 0.699 bits per heavy atom. The predicted octanol–water partition coefficient (Wildman–Crippen LogP) is -2.34. The number of ether oxygens (including phenoxy) is 7. The zero-order valence-electron chi connectivity index (χ0n) is 48.8. The fourth-order valence-electron chi connectivity index (χ4n) is 8.52. The van der Waals surface area contributed by atoms with Crippen LogP contribution in [0.5, 0.6) is 0 Å². The molecule has 3 heterocycles. The molecule has 3 aliphatic heterocycles. The standard InChI is InChI=1S/C46H87N3O28P2.C4H10/c1-29-38(57)41(60)32(26-51)75-44(29)68-18-5-8-35(54)47(11-17-50)13-22-71-78(63,64)73-24-15-49(37(56)10-7-20-70-46-31(3)40(59)43(62)34(28-53)77-46)16-25-74-79(65,66)72-23-14-48(12-21-67-4)36(55)9-6-19-69-45-30(2)39(58)42(61)33(27-52)76-45;1-4(2)3/h29-34,38-46,50-53,57-62H,5-28H2,1-4H3,(H,63,64)(H,65,66);4H,1-3H3/t29?,30?,31?,32?,33?,34?,38-,39-,40-,41+,42+,43+,44-,45-,46-;/m1./s1. The number of rotatable bonds is 39. The number of hydrogen-bond donors (Lipinski definition) is 12. The molecule has 8 unspecified atom stereocenters. The number of aliphatic hydroxyl groups excluding tert-OH is 10. The molecule has 0 aromatic heterocycles. The van der Waals surface area contributed by atoms with E-state index in [0.29, 0.717) is 0 Å². The van der Waals surface area contributed by atoms with Crippen LogP contribution in [0, 0.1) is 23.7 Å². The molecule has 3 fully saturated rings. The number of carbonyl (C=O) groups is 3. The molecule has 3 rings (SSSR count). The second kappa shape index (κ2) is 40.5. The van der Waals surface area contributed by atoms with Gasteiger partial charge in [-0.3, -0.25) is 32.5 Å². The average Bonchev–Trinajstić information content (AvgIpc) is 3.60. The van der Waals surface area contributed by atoms with E-state index in [0.717, 1.165) is 10.8 Å². The van der Waals surface area contributed by atoms with Crippen molar-refractivity contribution in [1.29, 1.82) is 0 Å². The van der Waals surface area contributed by atoms with Crippen molar-refractivity contribution in [3.8, 4) is 0 Å². The maximum atomic E-state index is 13.5. The molecule has 12 N–H and O–H groups in total. The van der Waals surface area contributed by atoms with Crippen LogP contribution in [0.15, 0.2) is 0 Å². The molecule has 0 aliphatic carbocycles. The Kier molecular flexibility index (Phi) is 37.6. The van der Waals surface area contributed by atoms with Crippen LogP contribution in [0.1, 0.15) is 80.1 Å². The molecule has 3 saturated heterocycles. The lowest BCUT2D eigenvalue weighted by Crippen LogP contribution is -2.55. The fraction of sp³-hybridized carbons (Fsp3) is 0.940. The molecule has 3 amide bonds. The van der Waals surface area contributed by atoms with Crippen molar-refractivity contribution in [3.05, 3.63) is 0 Å². The van der Waals surface area contributed by atoms with Crippen molar-refractivity contribution >= 4 is 33.4 Å². The summed E-state index contributed by atoms with van der Waals surface area (Å²) in [5, 5.41) is 99.2. The first kappa shape index (κ1) is 77.0. The van der Waals surface area contributed by atoms with Gasteiger partial charge in [0.1, 0.15) is 36.6 Å². The Morgan fingerprint density at radius 3 is 0.940 bits per heavy atom. The Labute approximate surface area is 485 Å². The Bertz CT molecular complexity index is 1900. The van der Waals surface area contributed by atoms with Gasteiger partial charge in [0.2, 0.25) is 17.7 Å². The molecule has 0 radical (unpaired) electrons. The number of aliphatic hydroxyl groups is 10. The van der Waals surface area contributed by atoms with Crippen molar-refractivity contribution in [1.82, 2.24) is 14.7 Å². The first-order valence-corrected chi connectivity index (χ1v) is 31.1. The molecule has 3 aliphatic rings. The summed E-state index contributed by atoms with van der Waals surface area (Å²) in [6, 6.07) is 0. The van der Waals surface area contributed by atoms with Gasteiger partial charge >= 0.3 is 15.6 Å². The summed E-state index contributed by atoms with van der Waals surface area (Å²) in [6.07, 6.45) is -13.8. The quantitative estimate of drug-likeness (QED) is 0.0227. The van der Waals surface area contributed by atoms with Crippen LogP contribution < -0.4 is 0 Å².